The van der Waals surface area contributed by atoms with Gasteiger partial charge in [0, 0.05) is 32.2 Å². The van der Waals surface area contributed by atoms with Gasteiger partial charge in [-0.2, -0.15) is 0 Å². The van der Waals surface area contributed by atoms with Gasteiger partial charge in [-0.05, 0) is 43.7 Å². The van der Waals surface area contributed by atoms with Crippen molar-refractivity contribution < 1.29 is 9.53 Å². The van der Waals surface area contributed by atoms with Crippen LogP contribution in [0.2, 0.25) is 0 Å². The Kier molecular flexibility index (Phi) is 5.73. The third-order valence-corrected chi connectivity index (χ3v) is 6.16. The van der Waals surface area contributed by atoms with Crippen molar-refractivity contribution in [1.29, 1.82) is 0 Å². The maximum absolute atomic E-state index is 12.9. The molecule has 2 aliphatic rings. The number of urea groups is 1. The van der Waals surface area contributed by atoms with Gasteiger partial charge >= 0.3 is 6.03 Å². The lowest BCUT2D eigenvalue weighted by Crippen LogP contribution is -2.57. The summed E-state index contributed by atoms with van der Waals surface area (Å²) in [5.74, 6) is 2.46. The van der Waals surface area contributed by atoms with E-state index in [-0.39, 0.29) is 12.1 Å². The number of fused-ring (bicyclic) bond motifs is 2. The van der Waals surface area contributed by atoms with Crippen LogP contribution < -0.4 is 10.1 Å². The molecule has 1 fully saturated rings. The predicted octanol–water partition coefficient (Wildman–Crippen LogP) is 5.09. The molecule has 5 rings (SSSR count). The second-order valence-corrected chi connectivity index (χ2v) is 8.64. The van der Waals surface area contributed by atoms with Crippen LogP contribution in [0.15, 0.2) is 77.8 Å². The summed E-state index contributed by atoms with van der Waals surface area (Å²) in [6.07, 6.45) is 0. The van der Waals surface area contributed by atoms with Crippen LogP contribution in [0.3, 0.4) is 0 Å². The lowest BCUT2D eigenvalue weighted by atomic mass is 10.1. The van der Waals surface area contributed by atoms with Crippen molar-refractivity contribution >= 4 is 17.6 Å². The first kappa shape index (κ1) is 21.1. The number of carbonyl (C=O) groups is 1. The highest BCUT2D eigenvalue weighted by Gasteiger charge is 2.31. The fraction of sp³-hybridized carbons (Fsp3) is 0.259. The SMILES string of the molecule is Cc1ccc2c(c1)C(N1CCN(C(=O)NCc3ccccc3)[C@H](C)C1)=Nc1ccccc1O2. The molecule has 2 amide bonds. The number of aliphatic imine (C=N–C) groups is 1. The Balaban J connectivity index is 1.35. The summed E-state index contributed by atoms with van der Waals surface area (Å²) in [4.78, 5) is 22.1. The van der Waals surface area contributed by atoms with Crippen LogP contribution in [0.25, 0.3) is 0 Å². The van der Waals surface area contributed by atoms with Gasteiger partial charge in [0.25, 0.3) is 0 Å². The van der Waals surface area contributed by atoms with E-state index in [1.165, 1.54) is 0 Å². The van der Waals surface area contributed by atoms with Gasteiger partial charge in [0.05, 0.1) is 5.56 Å². The number of nitrogens with one attached hydrogen (secondary N) is 1. The largest absolute Gasteiger partial charge is 0.454 e. The molecular weight excluding hydrogens is 412 g/mol. The summed E-state index contributed by atoms with van der Waals surface area (Å²) in [5.41, 5.74) is 4.05. The predicted molar refractivity (Wildman–Crippen MR) is 130 cm³/mol. The molecule has 168 valence electrons. The molecule has 2 aliphatic heterocycles. The van der Waals surface area contributed by atoms with Gasteiger partial charge < -0.3 is 19.9 Å². The molecule has 0 aromatic heterocycles. The van der Waals surface area contributed by atoms with E-state index >= 15 is 0 Å². The second kappa shape index (κ2) is 8.98. The lowest BCUT2D eigenvalue weighted by Gasteiger charge is -2.41. The fourth-order valence-electron chi connectivity index (χ4n) is 4.40. The first-order valence-corrected chi connectivity index (χ1v) is 11.4. The normalized spacial score (nSPS) is 17.3. The van der Waals surface area contributed by atoms with Crippen molar-refractivity contribution in [3.05, 3.63) is 89.5 Å². The van der Waals surface area contributed by atoms with Gasteiger partial charge in [-0.15, -0.1) is 0 Å². The minimum atomic E-state index is -0.0290. The molecule has 0 bridgehead atoms. The number of rotatable bonds is 2. The van der Waals surface area contributed by atoms with Crippen molar-refractivity contribution in [2.45, 2.75) is 26.4 Å². The maximum atomic E-state index is 12.9. The highest BCUT2D eigenvalue weighted by Crippen LogP contribution is 2.38. The monoisotopic (exact) mass is 440 g/mol. The summed E-state index contributed by atoms with van der Waals surface area (Å²) in [6.45, 7) is 6.73. The van der Waals surface area contributed by atoms with E-state index in [1.54, 1.807) is 0 Å². The number of ether oxygens (including phenoxy) is 1. The number of amidine groups is 1. The minimum absolute atomic E-state index is 0.0290. The van der Waals surface area contributed by atoms with Crippen LogP contribution in [0, 0.1) is 6.92 Å². The number of amides is 2. The first-order valence-electron chi connectivity index (χ1n) is 11.4. The fourth-order valence-corrected chi connectivity index (χ4v) is 4.40. The average Bonchev–Trinajstić information content (AvgIpc) is 2.99. The molecule has 2 heterocycles. The van der Waals surface area contributed by atoms with Gasteiger partial charge in [-0.3, -0.25) is 0 Å². The molecule has 6 heteroatoms. The summed E-state index contributed by atoms with van der Waals surface area (Å²) in [6, 6.07) is 24.1. The molecule has 3 aromatic carbocycles. The second-order valence-electron chi connectivity index (χ2n) is 8.64. The zero-order chi connectivity index (χ0) is 22.8. The van der Waals surface area contributed by atoms with E-state index in [1.807, 2.05) is 65.6 Å². The van der Waals surface area contributed by atoms with Crippen LogP contribution in [0.1, 0.15) is 23.6 Å². The van der Waals surface area contributed by atoms with Gasteiger partial charge in [0.2, 0.25) is 0 Å². The maximum Gasteiger partial charge on any atom is 0.318 e. The van der Waals surface area contributed by atoms with E-state index in [0.717, 1.165) is 39.7 Å². The lowest BCUT2D eigenvalue weighted by molar-refractivity contribution is 0.134. The smallest absolute Gasteiger partial charge is 0.318 e. The summed E-state index contributed by atoms with van der Waals surface area (Å²) >= 11 is 0. The van der Waals surface area contributed by atoms with E-state index in [4.69, 9.17) is 9.73 Å². The minimum Gasteiger partial charge on any atom is -0.454 e. The summed E-state index contributed by atoms with van der Waals surface area (Å²) < 4.78 is 6.22. The third kappa shape index (κ3) is 4.42. The Bertz CT molecular complexity index is 1190. The Morgan fingerprint density at radius 1 is 1.03 bits per heavy atom. The number of carbonyl (C=O) groups excluding carboxylic acids is 1. The number of para-hydroxylation sites is 2. The molecule has 33 heavy (non-hydrogen) atoms. The Hall–Kier alpha value is -3.80. The van der Waals surface area contributed by atoms with Gasteiger partial charge in [0.1, 0.15) is 17.3 Å². The van der Waals surface area contributed by atoms with E-state index in [0.29, 0.717) is 26.2 Å². The number of nitrogens with zero attached hydrogens (tertiary/aromatic N) is 3. The van der Waals surface area contributed by atoms with Crippen LogP contribution in [-0.2, 0) is 6.54 Å². The van der Waals surface area contributed by atoms with E-state index < -0.39 is 0 Å². The molecule has 0 saturated carbocycles. The van der Waals surface area contributed by atoms with Crippen molar-refractivity contribution in [2.24, 2.45) is 4.99 Å². The van der Waals surface area contributed by atoms with Crippen LogP contribution in [0.5, 0.6) is 11.5 Å². The van der Waals surface area contributed by atoms with Crippen LogP contribution in [-0.4, -0.2) is 47.3 Å². The Morgan fingerprint density at radius 2 is 1.82 bits per heavy atom. The number of piperazine rings is 1. The van der Waals surface area contributed by atoms with E-state index in [2.05, 4.69) is 36.2 Å². The number of hydrogen-bond acceptors (Lipinski definition) is 4. The number of hydrogen-bond donors (Lipinski definition) is 1. The van der Waals surface area contributed by atoms with Crippen molar-refractivity contribution in [3.63, 3.8) is 0 Å². The highest BCUT2D eigenvalue weighted by molar-refractivity contribution is 6.04. The van der Waals surface area contributed by atoms with Gasteiger partial charge in [-0.25, -0.2) is 9.79 Å². The molecule has 3 aromatic rings. The Morgan fingerprint density at radius 3 is 2.64 bits per heavy atom. The quantitative estimate of drug-likeness (QED) is 0.604. The highest BCUT2D eigenvalue weighted by atomic mass is 16.5. The van der Waals surface area contributed by atoms with Gasteiger partial charge in [-0.1, -0.05) is 54.1 Å². The topological polar surface area (TPSA) is 57.2 Å². The zero-order valence-corrected chi connectivity index (χ0v) is 19.0. The summed E-state index contributed by atoms with van der Waals surface area (Å²) in [5, 5.41) is 3.06. The molecule has 0 unspecified atom stereocenters. The van der Waals surface area contributed by atoms with E-state index in [9.17, 15) is 4.79 Å². The molecule has 0 radical (unpaired) electrons. The molecule has 6 nitrogen and oxygen atoms in total. The van der Waals surface area contributed by atoms with Crippen LogP contribution >= 0.6 is 0 Å². The molecular formula is C27H28N4O2. The third-order valence-electron chi connectivity index (χ3n) is 6.16. The first-order chi connectivity index (χ1) is 16.1. The molecule has 1 N–H and O–H groups in total. The number of benzene rings is 3. The zero-order valence-electron chi connectivity index (χ0n) is 19.0. The molecule has 1 atom stereocenters. The number of aryl methyl sites for hydroxylation is 1. The summed E-state index contributed by atoms with van der Waals surface area (Å²) in [7, 11) is 0. The molecule has 1 saturated heterocycles. The Labute approximate surface area is 194 Å². The van der Waals surface area contributed by atoms with Crippen molar-refractivity contribution in [3.8, 4) is 11.5 Å². The van der Waals surface area contributed by atoms with Gasteiger partial charge in [0.15, 0.2) is 5.75 Å². The molecule has 0 aliphatic carbocycles. The standard InChI is InChI=1S/C27H28N4O2/c1-19-12-13-24-22(16-19)26(29-23-10-6-7-11-25(23)33-24)30-14-15-31(20(2)18-30)27(32)28-17-21-8-4-3-5-9-21/h3-13,16,20H,14-15,17-18H2,1-2H3,(H,28,32)/t20-/m1/s1. The van der Waals surface area contributed by atoms with Crippen LogP contribution in [0.4, 0.5) is 10.5 Å². The van der Waals surface area contributed by atoms with Crippen molar-refractivity contribution in [1.82, 2.24) is 15.1 Å². The average molecular weight is 441 g/mol. The van der Waals surface area contributed by atoms with Crippen molar-refractivity contribution in [2.75, 3.05) is 19.6 Å². The molecule has 0 spiro atoms.